The highest BCUT2D eigenvalue weighted by molar-refractivity contribution is 5.05. The summed E-state index contributed by atoms with van der Waals surface area (Å²) in [6.45, 7) is 1.65. The summed E-state index contributed by atoms with van der Waals surface area (Å²) in [5, 5.41) is 0. The third kappa shape index (κ3) is 1.38. The average molecular weight is 172 g/mol. The zero-order valence-corrected chi connectivity index (χ0v) is 6.99. The average Bonchev–Trinajstić information content (AvgIpc) is 2.50. The third-order valence-corrected chi connectivity index (χ3v) is 1.93. The molecule has 2 aliphatic heterocycles. The quantitative estimate of drug-likeness (QED) is 0.533. The predicted octanol–water partition coefficient (Wildman–Crippen LogP) is 0.288. The summed E-state index contributed by atoms with van der Waals surface area (Å²) in [5.74, 6) is -0.682. The number of ether oxygens (including phenoxy) is 4. The molecule has 12 heavy (non-hydrogen) atoms. The molecule has 1 fully saturated rings. The number of rotatable bonds is 1. The zero-order chi connectivity index (χ0) is 8.44. The minimum absolute atomic E-state index is 0.299. The summed E-state index contributed by atoms with van der Waals surface area (Å²) in [6, 6.07) is 0. The minimum atomic E-state index is -0.682. The molecule has 68 valence electrons. The summed E-state index contributed by atoms with van der Waals surface area (Å²) in [7, 11) is 1.59. The van der Waals surface area contributed by atoms with Crippen LogP contribution in [0, 0.1) is 0 Å². The second kappa shape index (κ2) is 3.14. The Morgan fingerprint density at radius 2 is 2.42 bits per heavy atom. The molecule has 2 atom stereocenters. The smallest absolute Gasteiger partial charge is 0.215 e. The second-order valence-electron chi connectivity index (χ2n) is 2.79. The lowest BCUT2D eigenvalue weighted by atomic mass is 10.3. The van der Waals surface area contributed by atoms with Gasteiger partial charge in [0, 0.05) is 7.11 Å². The normalized spacial score (nSPS) is 40.9. The fourth-order valence-electron chi connectivity index (χ4n) is 1.32. The van der Waals surface area contributed by atoms with Crippen LogP contribution >= 0.6 is 0 Å². The first-order valence-corrected chi connectivity index (χ1v) is 3.96. The van der Waals surface area contributed by atoms with Gasteiger partial charge in [-0.1, -0.05) is 0 Å². The fourth-order valence-corrected chi connectivity index (χ4v) is 1.32. The molecule has 0 aromatic heterocycles. The molecule has 0 saturated carbocycles. The Kier molecular flexibility index (Phi) is 2.14. The van der Waals surface area contributed by atoms with Gasteiger partial charge >= 0.3 is 0 Å². The number of methoxy groups -OCH3 is 1. The second-order valence-corrected chi connectivity index (χ2v) is 2.79. The Morgan fingerprint density at radius 3 is 3.00 bits per heavy atom. The van der Waals surface area contributed by atoms with Gasteiger partial charge < -0.3 is 18.9 Å². The lowest BCUT2D eigenvalue weighted by molar-refractivity contribution is -0.295. The molecule has 2 rings (SSSR count). The van der Waals surface area contributed by atoms with E-state index in [2.05, 4.69) is 0 Å². The van der Waals surface area contributed by atoms with Crippen molar-refractivity contribution in [2.75, 3.05) is 26.9 Å². The van der Waals surface area contributed by atoms with Crippen molar-refractivity contribution in [1.82, 2.24) is 0 Å². The van der Waals surface area contributed by atoms with Crippen LogP contribution in [0.3, 0.4) is 0 Å². The highest BCUT2D eigenvalue weighted by Gasteiger charge is 2.39. The maximum absolute atomic E-state index is 5.46. The van der Waals surface area contributed by atoms with Crippen molar-refractivity contribution in [1.29, 1.82) is 0 Å². The summed E-state index contributed by atoms with van der Waals surface area (Å²) in [5.41, 5.74) is 0. The number of hydrogen-bond donors (Lipinski definition) is 0. The van der Waals surface area contributed by atoms with Crippen LogP contribution in [0.25, 0.3) is 0 Å². The Balaban J connectivity index is 1.99. The molecule has 0 radical (unpaired) electrons. The van der Waals surface area contributed by atoms with Crippen LogP contribution < -0.4 is 0 Å². The SMILES string of the molecule is COC1C=CC2(COCCO2)O1. The van der Waals surface area contributed by atoms with Gasteiger partial charge in [0.05, 0.1) is 13.2 Å². The van der Waals surface area contributed by atoms with E-state index in [0.717, 1.165) is 0 Å². The standard InChI is InChI=1S/C8H12O4/c1-9-7-2-3-8(12-7)6-10-4-5-11-8/h2-3,7H,4-6H2,1H3. The molecule has 1 spiro atoms. The van der Waals surface area contributed by atoms with Gasteiger partial charge in [0.2, 0.25) is 5.79 Å². The van der Waals surface area contributed by atoms with Gasteiger partial charge in [0.15, 0.2) is 6.29 Å². The monoisotopic (exact) mass is 172 g/mol. The first-order valence-electron chi connectivity index (χ1n) is 3.96. The van der Waals surface area contributed by atoms with Crippen molar-refractivity contribution in [2.24, 2.45) is 0 Å². The molecule has 0 amide bonds. The van der Waals surface area contributed by atoms with Crippen molar-refractivity contribution in [3.05, 3.63) is 12.2 Å². The van der Waals surface area contributed by atoms with Crippen LogP contribution in [0.15, 0.2) is 12.2 Å². The van der Waals surface area contributed by atoms with Crippen LogP contribution in [0.5, 0.6) is 0 Å². The van der Waals surface area contributed by atoms with Crippen LogP contribution in [-0.4, -0.2) is 39.0 Å². The molecule has 2 unspecified atom stereocenters. The van der Waals surface area contributed by atoms with Crippen molar-refractivity contribution in [3.8, 4) is 0 Å². The van der Waals surface area contributed by atoms with E-state index < -0.39 is 5.79 Å². The summed E-state index contributed by atoms with van der Waals surface area (Å²) in [6.07, 6.45) is 3.38. The van der Waals surface area contributed by atoms with Gasteiger partial charge in [-0.3, -0.25) is 0 Å². The van der Waals surface area contributed by atoms with E-state index in [-0.39, 0.29) is 6.29 Å². The van der Waals surface area contributed by atoms with Gasteiger partial charge in [-0.25, -0.2) is 0 Å². The van der Waals surface area contributed by atoms with Crippen molar-refractivity contribution >= 4 is 0 Å². The molecule has 2 aliphatic rings. The molecular formula is C8H12O4. The van der Waals surface area contributed by atoms with Gasteiger partial charge in [-0.15, -0.1) is 0 Å². The molecule has 4 heteroatoms. The Bertz CT molecular complexity index is 183. The predicted molar refractivity (Wildman–Crippen MR) is 40.5 cm³/mol. The van der Waals surface area contributed by atoms with Crippen LogP contribution in [0.2, 0.25) is 0 Å². The van der Waals surface area contributed by atoms with Gasteiger partial charge in [0.1, 0.15) is 6.61 Å². The molecule has 0 aromatic carbocycles. The Labute approximate surface area is 71.0 Å². The third-order valence-electron chi connectivity index (χ3n) is 1.93. The van der Waals surface area contributed by atoms with E-state index >= 15 is 0 Å². The Morgan fingerprint density at radius 1 is 1.50 bits per heavy atom. The molecule has 0 N–H and O–H groups in total. The molecule has 0 aromatic rings. The maximum atomic E-state index is 5.46. The van der Waals surface area contributed by atoms with E-state index in [9.17, 15) is 0 Å². The summed E-state index contributed by atoms with van der Waals surface area (Å²) in [4.78, 5) is 0. The molecule has 0 bridgehead atoms. The van der Waals surface area contributed by atoms with E-state index in [1.807, 2.05) is 12.2 Å². The molecule has 1 saturated heterocycles. The van der Waals surface area contributed by atoms with Crippen LogP contribution in [0.1, 0.15) is 0 Å². The van der Waals surface area contributed by atoms with Crippen molar-refractivity contribution in [2.45, 2.75) is 12.1 Å². The highest BCUT2D eigenvalue weighted by Crippen LogP contribution is 2.27. The van der Waals surface area contributed by atoms with Gasteiger partial charge in [0.25, 0.3) is 0 Å². The first-order chi connectivity index (χ1) is 5.85. The summed E-state index contributed by atoms with van der Waals surface area (Å²) < 4.78 is 21.1. The summed E-state index contributed by atoms with van der Waals surface area (Å²) >= 11 is 0. The lowest BCUT2D eigenvalue weighted by Crippen LogP contribution is -2.43. The van der Waals surface area contributed by atoms with Crippen LogP contribution in [0.4, 0.5) is 0 Å². The van der Waals surface area contributed by atoms with E-state index in [0.29, 0.717) is 19.8 Å². The molecule has 0 aliphatic carbocycles. The fraction of sp³-hybridized carbons (Fsp3) is 0.750. The lowest BCUT2D eigenvalue weighted by Gasteiger charge is -2.31. The molecular weight excluding hydrogens is 160 g/mol. The zero-order valence-electron chi connectivity index (χ0n) is 6.99. The highest BCUT2D eigenvalue weighted by atomic mass is 16.8. The van der Waals surface area contributed by atoms with Gasteiger partial charge in [-0.2, -0.15) is 0 Å². The van der Waals surface area contributed by atoms with E-state index in [1.165, 1.54) is 0 Å². The van der Waals surface area contributed by atoms with Crippen molar-refractivity contribution < 1.29 is 18.9 Å². The maximum Gasteiger partial charge on any atom is 0.215 e. The van der Waals surface area contributed by atoms with Crippen molar-refractivity contribution in [3.63, 3.8) is 0 Å². The Hall–Kier alpha value is -0.420. The van der Waals surface area contributed by atoms with Crippen LogP contribution in [-0.2, 0) is 18.9 Å². The molecule has 2 heterocycles. The van der Waals surface area contributed by atoms with E-state index in [4.69, 9.17) is 18.9 Å². The molecule has 4 nitrogen and oxygen atoms in total. The number of hydrogen-bond acceptors (Lipinski definition) is 4. The topological polar surface area (TPSA) is 36.9 Å². The first kappa shape index (κ1) is 8.19. The van der Waals surface area contributed by atoms with Gasteiger partial charge in [-0.05, 0) is 12.2 Å². The minimum Gasteiger partial charge on any atom is -0.373 e. The largest absolute Gasteiger partial charge is 0.373 e. The van der Waals surface area contributed by atoms with E-state index in [1.54, 1.807) is 7.11 Å².